The van der Waals surface area contributed by atoms with Crippen LogP contribution in [0.5, 0.6) is 5.75 Å². The number of methoxy groups -OCH3 is 1. The molecule has 0 saturated carbocycles. The van der Waals surface area contributed by atoms with Crippen LogP contribution < -0.4 is 16.0 Å². The van der Waals surface area contributed by atoms with Gasteiger partial charge >= 0.3 is 5.69 Å². The molecule has 3 aromatic carbocycles. The SMILES string of the molecule is COc1cc(-c2cc3c(C#N)c[nH]c3cc2Cl)cc2c1c(=O)n(Cc1ncn(C)n1)c(=O)n2Cc1cc(F)c(F)c(F)c1. The molecular weight excluding hydrogens is 587 g/mol. The number of aromatic amines is 1. The van der Waals surface area contributed by atoms with E-state index in [1.807, 2.05) is 0 Å². The third-order valence-electron chi connectivity index (χ3n) is 7.04. The number of aromatic nitrogens is 6. The fourth-order valence-electron chi connectivity index (χ4n) is 5.04. The number of aryl methyl sites for hydroxylation is 1. The van der Waals surface area contributed by atoms with Crippen molar-refractivity contribution in [3.8, 4) is 22.9 Å². The molecule has 3 heterocycles. The zero-order chi connectivity index (χ0) is 30.6. The van der Waals surface area contributed by atoms with Gasteiger partial charge in [-0.25, -0.2) is 22.9 Å². The molecule has 0 saturated heterocycles. The van der Waals surface area contributed by atoms with Crippen LogP contribution >= 0.6 is 11.6 Å². The summed E-state index contributed by atoms with van der Waals surface area (Å²) in [7, 11) is 2.96. The molecule has 0 amide bonds. The Bertz CT molecular complexity index is 2240. The first-order valence-corrected chi connectivity index (χ1v) is 13.0. The Morgan fingerprint density at radius 3 is 2.44 bits per heavy atom. The summed E-state index contributed by atoms with van der Waals surface area (Å²) < 4.78 is 51.1. The van der Waals surface area contributed by atoms with Gasteiger partial charge in [0, 0.05) is 29.7 Å². The quantitative estimate of drug-likeness (QED) is 0.279. The van der Waals surface area contributed by atoms with Gasteiger partial charge < -0.3 is 9.72 Å². The molecule has 216 valence electrons. The first-order chi connectivity index (χ1) is 20.6. The first-order valence-electron chi connectivity index (χ1n) is 12.6. The van der Waals surface area contributed by atoms with Crippen molar-refractivity contribution in [3.05, 3.63) is 109 Å². The van der Waals surface area contributed by atoms with E-state index >= 15 is 0 Å². The molecule has 43 heavy (non-hydrogen) atoms. The number of nitrogens with one attached hydrogen (secondary N) is 1. The van der Waals surface area contributed by atoms with E-state index in [2.05, 4.69) is 21.1 Å². The molecule has 6 rings (SSSR count). The van der Waals surface area contributed by atoms with Crippen molar-refractivity contribution in [2.75, 3.05) is 7.11 Å². The minimum absolute atomic E-state index is 0.0126. The molecule has 0 radical (unpaired) electrons. The Morgan fingerprint density at radius 2 is 1.79 bits per heavy atom. The number of hydrogen-bond donors (Lipinski definition) is 1. The highest BCUT2D eigenvalue weighted by Crippen LogP contribution is 2.37. The zero-order valence-electron chi connectivity index (χ0n) is 22.5. The average molecular weight is 606 g/mol. The van der Waals surface area contributed by atoms with Crippen LogP contribution in [0.1, 0.15) is 17.0 Å². The summed E-state index contributed by atoms with van der Waals surface area (Å²) in [5.74, 6) is -4.27. The van der Waals surface area contributed by atoms with Crippen molar-refractivity contribution in [3.63, 3.8) is 0 Å². The monoisotopic (exact) mass is 605 g/mol. The molecule has 0 fully saturated rings. The maximum atomic E-state index is 14.2. The van der Waals surface area contributed by atoms with Gasteiger partial charge in [-0.1, -0.05) is 11.6 Å². The van der Waals surface area contributed by atoms with Crippen LogP contribution in [-0.4, -0.2) is 36.0 Å². The van der Waals surface area contributed by atoms with Crippen molar-refractivity contribution in [1.29, 1.82) is 5.26 Å². The van der Waals surface area contributed by atoms with Gasteiger partial charge in [0.25, 0.3) is 5.56 Å². The van der Waals surface area contributed by atoms with Crippen LogP contribution in [0, 0.1) is 28.8 Å². The van der Waals surface area contributed by atoms with E-state index in [4.69, 9.17) is 16.3 Å². The minimum atomic E-state index is -1.65. The predicted octanol–water partition coefficient (Wildman–Crippen LogP) is 4.49. The van der Waals surface area contributed by atoms with Crippen LogP contribution in [0.15, 0.2) is 58.5 Å². The lowest BCUT2D eigenvalue weighted by Gasteiger charge is -2.17. The highest BCUT2D eigenvalue weighted by molar-refractivity contribution is 6.34. The average Bonchev–Trinajstić information content (AvgIpc) is 3.59. The summed E-state index contributed by atoms with van der Waals surface area (Å²) in [6.45, 7) is -0.742. The van der Waals surface area contributed by atoms with E-state index in [1.54, 1.807) is 31.4 Å². The molecule has 1 N–H and O–H groups in total. The lowest BCUT2D eigenvalue weighted by molar-refractivity contribution is 0.418. The Hall–Kier alpha value is -5.35. The molecule has 0 atom stereocenters. The van der Waals surface area contributed by atoms with Gasteiger partial charge in [0.1, 0.15) is 23.5 Å². The fourth-order valence-corrected chi connectivity index (χ4v) is 5.32. The molecule has 0 spiro atoms. The smallest absolute Gasteiger partial charge is 0.332 e. The number of nitrogens with zero attached hydrogens (tertiary/aromatic N) is 6. The summed E-state index contributed by atoms with van der Waals surface area (Å²) in [5, 5.41) is 14.5. The normalized spacial score (nSPS) is 11.4. The van der Waals surface area contributed by atoms with Crippen LogP contribution in [0.2, 0.25) is 5.02 Å². The Morgan fingerprint density at radius 1 is 1.05 bits per heavy atom. The number of benzene rings is 3. The molecule has 6 aromatic rings. The summed E-state index contributed by atoms with van der Waals surface area (Å²) >= 11 is 6.62. The van der Waals surface area contributed by atoms with Crippen LogP contribution in [0.25, 0.3) is 32.9 Å². The second-order valence-corrected chi connectivity index (χ2v) is 10.1. The second kappa shape index (κ2) is 10.5. The number of ether oxygens (including phenoxy) is 1. The molecular formula is C29H19ClF3N7O3. The maximum Gasteiger partial charge on any atom is 0.332 e. The van der Waals surface area contributed by atoms with Crippen molar-refractivity contribution >= 4 is 33.4 Å². The van der Waals surface area contributed by atoms with E-state index < -0.39 is 35.2 Å². The lowest BCUT2D eigenvalue weighted by Crippen LogP contribution is -2.41. The molecule has 14 heteroatoms. The Labute approximate surface area is 244 Å². The predicted molar refractivity (Wildman–Crippen MR) is 152 cm³/mol. The van der Waals surface area contributed by atoms with Crippen molar-refractivity contribution < 1.29 is 17.9 Å². The number of nitriles is 1. The highest BCUT2D eigenvalue weighted by atomic mass is 35.5. The number of H-pyrrole nitrogens is 1. The summed E-state index contributed by atoms with van der Waals surface area (Å²) in [6.07, 6.45) is 2.95. The first kappa shape index (κ1) is 27.8. The number of rotatable bonds is 6. The Balaban J connectivity index is 1.66. The summed E-state index contributed by atoms with van der Waals surface area (Å²) in [5.41, 5.74) is 0.321. The van der Waals surface area contributed by atoms with Crippen LogP contribution in [0.3, 0.4) is 0 Å². The molecule has 0 bridgehead atoms. The van der Waals surface area contributed by atoms with Gasteiger partial charge in [0.15, 0.2) is 23.3 Å². The lowest BCUT2D eigenvalue weighted by atomic mass is 10.0. The van der Waals surface area contributed by atoms with E-state index in [9.17, 15) is 28.0 Å². The van der Waals surface area contributed by atoms with Crippen LogP contribution in [0.4, 0.5) is 13.2 Å². The minimum Gasteiger partial charge on any atom is -0.496 e. The number of halogens is 4. The number of hydrogen-bond acceptors (Lipinski definition) is 6. The molecule has 0 unspecified atom stereocenters. The van der Waals surface area contributed by atoms with Gasteiger partial charge in [-0.05, 0) is 47.5 Å². The number of fused-ring (bicyclic) bond motifs is 2. The standard InChI is InChI=1S/C29H19ClF3N7O3/c1-38-13-36-25(37-38)12-40-28(41)26-23(39(29(40)42)11-14-3-20(31)27(33)21(32)4-14)5-15(6-24(26)43-2)17-7-18-16(9-34)10-35-22(18)8-19(17)30/h3-8,10,13,35H,11-12H2,1-2H3. The van der Waals surface area contributed by atoms with E-state index in [0.29, 0.717) is 32.6 Å². The van der Waals surface area contributed by atoms with Gasteiger partial charge in [-0.3, -0.25) is 18.6 Å². The highest BCUT2D eigenvalue weighted by Gasteiger charge is 2.22. The van der Waals surface area contributed by atoms with Gasteiger partial charge in [0.2, 0.25) is 0 Å². The van der Waals surface area contributed by atoms with Crippen molar-refractivity contribution in [1.82, 2.24) is 28.9 Å². The van der Waals surface area contributed by atoms with Gasteiger partial charge in [-0.15, -0.1) is 0 Å². The van der Waals surface area contributed by atoms with E-state index in [0.717, 1.165) is 21.3 Å². The second-order valence-electron chi connectivity index (χ2n) is 9.73. The maximum absolute atomic E-state index is 14.2. The van der Waals surface area contributed by atoms with E-state index in [1.165, 1.54) is 24.2 Å². The summed E-state index contributed by atoms with van der Waals surface area (Å²) in [4.78, 5) is 34.8. The van der Waals surface area contributed by atoms with Crippen molar-refractivity contribution in [2.45, 2.75) is 13.1 Å². The topological polar surface area (TPSA) is 124 Å². The van der Waals surface area contributed by atoms with Crippen molar-refractivity contribution in [2.24, 2.45) is 7.05 Å². The van der Waals surface area contributed by atoms with Crippen LogP contribution in [-0.2, 0) is 20.1 Å². The molecule has 3 aromatic heterocycles. The third kappa shape index (κ3) is 4.71. The molecule has 0 aliphatic rings. The molecule has 0 aliphatic carbocycles. The fraction of sp³-hybridized carbons (Fsp3) is 0.138. The van der Waals surface area contributed by atoms with E-state index in [-0.39, 0.29) is 34.6 Å². The van der Waals surface area contributed by atoms with Gasteiger partial charge in [-0.2, -0.15) is 10.4 Å². The largest absolute Gasteiger partial charge is 0.496 e. The Kier molecular flexibility index (Phi) is 6.78. The zero-order valence-corrected chi connectivity index (χ0v) is 23.2. The molecule has 10 nitrogen and oxygen atoms in total. The molecule has 0 aliphatic heterocycles. The van der Waals surface area contributed by atoms with Gasteiger partial charge in [0.05, 0.1) is 36.3 Å². The summed E-state index contributed by atoms with van der Waals surface area (Å²) in [6, 6.07) is 10.1. The third-order valence-corrected chi connectivity index (χ3v) is 7.36.